The van der Waals surface area contributed by atoms with E-state index in [1.165, 1.54) is 31.3 Å². The topological polar surface area (TPSA) is 74.6 Å². The summed E-state index contributed by atoms with van der Waals surface area (Å²) in [6.45, 7) is 16.1. The van der Waals surface area contributed by atoms with Crippen LogP contribution in [0.15, 0.2) is 11.6 Å². The molecule has 190 valence electrons. The molecular formula is C30H46O4. The van der Waals surface area contributed by atoms with Crippen LogP contribution >= 0.6 is 0 Å². The van der Waals surface area contributed by atoms with Crippen LogP contribution in [0.3, 0.4) is 0 Å². The van der Waals surface area contributed by atoms with Crippen LogP contribution in [0.1, 0.15) is 106 Å². The highest BCUT2D eigenvalue weighted by Crippen LogP contribution is 2.77. The van der Waals surface area contributed by atoms with E-state index in [1.54, 1.807) is 6.92 Å². The van der Waals surface area contributed by atoms with Crippen molar-refractivity contribution in [2.24, 2.45) is 50.2 Å². The van der Waals surface area contributed by atoms with Gasteiger partial charge < -0.3 is 10.2 Å². The third-order valence-electron chi connectivity index (χ3n) is 13.6. The molecule has 0 aliphatic heterocycles. The molecule has 0 aromatic carbocycles. The maximum atomic E-state index is 14.3. The van der Waals surface area contributed by atoms with Gasteiger partial charge in [0.25, 0.3) is 0 Å². The molecule has 0 aromatic heterocycles. The van der Waals surface area contributed by atoms with E-state index in [9.17, 15) is 19.8 Å². The second-order valence-corrected chi connectivity index (χ2v) is 14.4. The Kier molecular flexibility index (Phi) is 5.04. The minimum atomic E-state index is -1.20. The number of ketones is 1. The predicted molar refractivity (Wildman–Crippen MR) is 133 cm³/mol. The van der Waals surface area contributed by atoms with Crippen molar-refractivity contribution in [1.82, 2.24) is 0 Å². The summed E-state index contributed by atoms with van der Waals surface area (Å²) in [7, 11) is 0. The van der Waals surface area contributed by atoms with Gasteiger partial charge in [0.1, 0.15) is 0 Å². The van der Waals surface area contributed by atoms with Crippen molar-refractivity contribution >= 4 is 11.8 Å². The van der Waals surface area contributed by atoms with Gasteiger partial charge in [-0.15, -0.1) is 0 Å². The van der Waals surface area contributed by atoms with Crippen LogP contribution in [0.5, 0.6) is 0 Å². The molecule has 0 amide bonds. The average Bonchev–Trinajstić information content (AvgIpc) is 2.75. The van der Waals surface area contributed by atoms with Gasteiger partial charge in [-0.05, 0) is 103 Å². The highest BCUT2D eigenvalue weighted by Gasteiger charge is 2.73. The summed E-state index contributed by atoms with van der Waals surface area (Å²) in [6, 6.07) is 0. The summed E-state index contributed by atoms with van der Waals surface area (Å²) in [5.41, 5.74) is -0.202. The summed E-state index contributed by atoms with van der Waals surface area (Å²) in [5, 5.41) is 21.1. The number of allylic oxidation sites excluding steroid dienone is 2. The molecule has 5 aliphatic rings. The van der Waals surface area contributed by atoms with Crippen molar-refractivity contribution in [1.29, 1.82) is 0 Å². The molecule has 0 bridgehead atoms. The minimum Gasteiger partial charge on any atom is -0.481 e. The zero-order chi connectivity index (χ0) is 25.1. The van der Waals surface area contributed by atoms with E-state index in [2.05, 4.69) is 47.6 Å². The van der Waals surface area contributed by atoms with E-state index >= 15 is 0 Å². The zero-order valence-electron chi connectivity index (χ0n) is 22.5. The molecule has 2 N–H and O–H groups in total. The van der Waals surface area contributed by atoms with Gasteiger partial charge in [0, 0.05) is 5.92 Å². The molecular weight excluding hydrogens is 424 g/mol. The molecule has 10 atom stereocenters. The molecule has 0 aromatic rings. The molecule has 0 radical (unpaired) electrons. The highest BCUT2D eigenvalue weighted by molar-refractivity contribution is 5.96. The van der Waals surface area contributed by atoms with Crippen LogP contribution in [-0.2, 0) is 9.59 Å². The number of hydrogen-bond donors (Lipinski definition) is 2. The Balaban J connectivity index is 1.68. The van der Waals surface area contributed by atoms with Crippen molar-refractivity contribution in [3.8, 4) is 0 Å². The van der Waals surface area contributed by atoms with Crippen LogP contribution in [-0.4, -0.2) is 28.1 Å². The number of aliphatic hydroxyl groups is 1. The lowest BCUT2D eigenvalue weighted by atomic mass is 9.31. The van der Waals surface area contributed by atoms with E-state index in [0.717, 1.165) is 25.7 Å². The first-order valence-corrected chi connectivity index (χ1v) is 13.8. The number of aliphatic carboxylic acids is 1. The van der Waals surface area contributed by atoms with E-state index < -0.39 is 22.9 Å². The molecule has 4 nitrogen and oxygen atoms in total. The Morgan fingerprint density at radius 3 is 2.26 bits per heavy atom. The Bertz CT molecular complexity index is 969. The number of rotatable bonds is 1. The van der Waals surface area contributed by atoms with Gasteiger partial charge >= 0.3 is 5.97 Å². The quantitative estimate of drug-likeness (QED) is 0.464. The number of hydrogen-bond acceptors (Lipinski definition) is 3. The van der Waals surface area contributed by atoms with Gasteiger partial charge in [0.15, 0.2) is 5.78 Å². The molecule has 0 heterocycles. The Morgan fingerprint density at radius 1 is 0.941 bits per heavy atom. The molecule has 4 saturated carbocycles. The minimum absolute atomic E-state index is 0.0258. The number of carboxylic acids is 1. The van der Waals surface area contributed by atoms with Gasteiger partial charge in [0.05, 0.1) is 11.5 Å². The van der Waals surface area contributed by atoms with Crippen LogP contribution < -0.4 is 0 Å². The molecule has 0 saturated heterocycles. The van der Waals surface area contributed by atoms with Crippen molar-refractivity contribution < 1.29 is 19.8 Å². The second kappa shape index (κ2) is 6.99. The summed E-state index contributed by atoms with van der Waals surface area (Å²) in [6.07, 6.45) is 10.1. The number of fused-ring (bicyclic) bond motifs is 7. The van der Waals surface area contributed by atoms with E-state index in [1.807, 2.05) is 0 Å². The average molecular weight is 471 g/mol. The van der Waals surface area contributed by atoms with Gasteiger partial charge in [-0.25, -0.2) is 0 Å². The van der Waals surface area contributed by atoms with Gasteiger partial charge in [-0.2, -0.15) is 0 Å². The maximum Gasteiger partial charge on any atom is 0.312 e. The predicted octanol–water partition coefficient (Wildman–Crippen LogP) is 6.41. The van der Waals surface area contributed by atoms with Gasteiger partial charge in [-0.3, -0.25) is 9.59 Å². The van der Waals surface area contributed by atoms with Crippen molar-refractivity contribution in [3.63, 3.8) is 0 Å². The molecule has 0 unspecified atom stereocenters. The second-order valence-electron chi connectivity index (χ2n) is 14.4. The molecule has 4 heteroatoms. The SMILES string of the molecule is C[C@H]1CCC[C@]2(C)CC[C@]3(C)C(=CC(=O)[C@@H]4[C@@]5(C)CC[C@@H](O)[C@](C)(C(=O)O)[C@@H]5CC[C@]43C)[C@]12C. The van der Waals surface area contributed by atoms with Gasteiger partial charge in [-0.1, -0.05) is 53.5 Å². The van der Waals surface area contributed by atoms with Crippen molar-refractivity contribution in [2.75, 3.05) is 0 Å². The number of carbonyl (C=O) groups is 2. The first kappa shape index (κ1) is 24.5. The lowest BCUT2D eigenvalue weighted by Crippen LogP contribution is -2.69. The largest absolute Gasteiger partial charge is 0.481 e. The third-order valence-corrected chi connectivity index (χ3v) is 13.6. The van der Waals surface area contributed by atoms with E-state index in [-0.39, 0.29) is 39.3 Å². The van der Waals surface area contributed by atoms with Gasteiger partial charge in [0.2, 0.25) is 0 Å². The number of aliphatic hydroxyl groups excluding tert-OH is 1. The molecule has 5 aliphatic carbocycles. The van der Waals surface area contributed by atoms with Crippen LogP contribution in [0.4, 0.5) is 0 Å². The summed E-state index contributed by atoms with van der Waals surface area (Å²) < 4.78 is 0. The fraction of sp³-hybridized carbons (Fsp3) is 0.867. The summed E-state index contributed by atoms with van der Waals surface area (Å²) >= 11 is 0. The molecule has 5 rings (SSSR count). The highest BCUT2D eigenvalue weighted by atomic mass is 16.4. The van der Waals surface area contributed by atoms with Crippen LogP contribution in [0.25, 0.3) is 0 Å². The fourth-order valence-electron chi connectivity index (χ4n) is 10.9. The summed E-state index contributed by atoms with van der Waals surface area (Å²) in [5.74, 6) is -0.515. The van der Waals surface area contributed by atoms with Crippen LogP contribution in [0, 0.1) is 50.2 Å². The summed E-state index contributed by atoms with van der Waals surface area (Å²) in [4.78, 5) is 26.8. The third kappa shape index (κ3) is 2.50. The normalized spacial score (nSPS) is 56.9. The van der Waals surface area contributed by atoms with Crippen molar-refractivity contribution in [2.45, 2.75) is 112 Å². The first-order valence-electron chi connectivity index (χ1n) is 13.8. The van der Waals surface area contributed by atoms with Crippen LogP contribution in [0.2, 0.25) is 0 Å². The van der Waals surface area contributed by atoms with Crippen molar-refractivity contribution in [3.05, 3.63) is 11.6 Å². The molecule has 0 spiro atoms. The lowest BCUT2D eigenvalue weighted by Gasteiger charge is -2.72. The van der Waals surface area contributed by atoms with E-state index in [4.69, 9.17) is 0 Å². The molecule has 4 fully saturated rings. The first-order chi connectivity index (χ1) is 15.6. The standard InChI is InChI=1S/C30H46O4/c1-18-9-8-12-25(2)15-16-27(4)21(30(18,25)7)17-19(31)23-26(3)13-11-22(32)29(6,24(33)34)20(26)10-14-28(23,27)5/h17-18,20,22-23,32H,8-16H2,1-7H3,(H,33,34)/t18-,20+,22+,23+,25+,26-,27+,28+,29+,30-/m0/s1. The zero-order valence-corrected chi connectivity index (χ0v) is 22.5. The molecule has 34 heavy (non-hydrogen) atoms. The maximum absolute atomic E-state index is 14.3. The number of carboxylic acid groups (broad SMARTS) is 1. The van der Waals surface area contributed by atoms with E-state index in [0.29, 0.717) is 12.3 Å². The Labute approximate surface area is 206 Å². The Morgan fingerprint density at radius 2 is 1.62 bits per heavy atom. The smallest absolute Gasteiger partial charge is 0.312 e. The monoisotopic (exact) mass is 470 g/mol. The Hall–Kier alpha value is -1.16. The fourth-order valence-corrected chi connectivity index (χ4v) is 10.9. The number of carbonyl (C=O) groups excluding carboxylic acids is 1. The lowest BCUT2D eigenvalue weighted by molar-refractivity contribution is -0.218.